The number of fused-ring (bicyclic) bond motifs is 1. The van der Waals surface area contributed by atoms with E-state index >= 15 is 0 Å². The second-order valence-electron chi connectivity index (χ2n) is 5.34. The first-order chi connectivity index (χ1) is 11.8. The minimum absolute atomic E-state index is 0.0859. The Bertz CT molecular complexity index is 962. The number of imidazole rings is 1. The highest BCUT2D eigenvalue weighted by atomic mass is 32.1. The lowest BCUT2D eigenvalue weighted by atomic mass is 10.0. The summed E-state index contributed by atoms with van der Waals surface area (Å²) in [5.74, 6) is -0.0859. The number of amides is 1. The predicted octanol–water partition coefficient (Wildman–Crippen LogP) is 3.39. The van der Waals surface area contributed by atoms with Crippen LogP contribution in [0.1, 0.15) is 15.2 Å². The molecule has 5 nitrogen and oxygen atoms in total. The third kappa shape index (κ3) is 2.91. The molecule has 6 heteroatoms. The van der Waals surface area contributed by atoms with E-state index in [0.29, 0.717) is 11.4 Å². The highest BCUT2D eigenvalue weighted by molar-refractivity contribution is 7.18. The molecule has 3 aromatic heterocycles. The Balaban J connectivity index is 1.47. The van der Waals surface area contributed by atoms with Crippen LogP contribution in [0.4, 0.5) is 0 Å². The van der Waals surface area contributed by atoms with Crippen LogP contribution < -0.4 is 5.32 Å². The standard InChI is InChI=1S/C18H14N4OS/c23-17(16-12-22-8-7-20-18(22)24-16)21-10-13-3-1-4-14(9-13)15-5-2-6-19-11-15/h1-9,11-12H,10H2,(H,21,23). The maximum Gasteiger partial charge on any atom is 0.263 e. The summed E-state index contributed by atoms with van der Waals surface area (Å²) < 4.78 is 1.85. The Morgan fingerprint density at radius 3 is 2.92 bits per heavy atom. The van der Waals surface area contributed by atoms with Crippen molar-refractivity contribution in [2.24, 2.45) is 0 Å². The van der Waals surface area contributed by atoms with Crippen molar-refractivity contribution in [3.05, 3.63) is 77.8 Å². The van der Waals surface area contributed by atoms with Crippen LogP contribution in [0, 0.1) is 0 Å². The zero-order valence-electron chi connectivity index (χ0n) is 12.7. The van der Waals surface area contributed by atoms with E-state index in [-0.39, 0.29) is 5.91 Å². The summed E-state index contributed by atoms with van der Waals surface area (Å²) in [5, 5.41) is 2.96. The Morgan fingerprint density at radius 2 is 2.08 bits per heavy atom. The molecule has 0 aliphatic carbocycles. The lowest BCUT2D eigenvalue weighted by Gasteiger charge is -2.06. The Labute approximate surface area is 142 Å². The number of hydrogen-bond donors (Lipinski definition) is 1. The summed E-state index contributed by atoms with van der Waals surface area (Å²) >= 11 is 1.38. The van der Waals surface area contributed by atoms with Gasteiger partial charge < -0.3 is 5.32 Å². The predicted molar refractivity (Wildman–Crippen MR) is 93.9 cm³/mol. The average molecular weight is 334 g/mol. The lowest BCUT2D eigenvalue weighted by Crippen LogP contribution is -2.21. The molecule has 1 aromatic carbocycles. The fraction of sp³-hybridized carbons (Fsp3) is 0.0556. The molecule has 0 fully saturated rings. The molecule has 0 aliphatic rings. The van der Waals surface area contributed by atoms with Gasteiger partial charge in [-0.1, -0.05) is 35.6 Å². The molecule has 24 heavy (non-hydrogen) atoms. The lowest BCUT2D eigenvalue weighted by molar-refractivity contribution is 0.0954. The molecule has 0 bridgehead atoms. The van der Waals surface area contributed by atoms with Gasteiger partial charge in [-0.3, -0.25) is 14.2 Å². The smallest absolute Gasteiger partial charge is 0.263 e. The second-order valence-corrected chi connectivity index (χ2v) is 6.35. The van der Waals surface area contributed by atoms with Gasteiger partial charge in [0.2, 0.25) is 0 Å². The highest BCUT2D eigenvalue weighted by Gasteiger charge is 2.10. The highest BCUT2D eigenvalue weighted by Crippen LogP contribution is 2.20. The first-order valence-corrected chi connectivity index (χ1v) is 8.31. The molecule has 0 aliphatic heterocycles. The average Bonchev–Trinajstić information content (AvgIpc) is 3.23. The molecule has 0 unspecified atom stereocenters. The van der Waals surface area contributed by atoms with Gasteiger partial charge in [0.25, 0.3) is 5.91 Å². The van der Waals surface area contributed by atoms with E-state index < -0.39 is 0 Å². The molecular weight excluding hydrogens is 320 g/mol. The molecule has 4 rings (SSSR count). The summed E-state index contributed by atoms with van der Waals surface area (Å²) in [6.07, 6.45) is 8.94. The van der Waals surface area contributed by atoms with E-state index in [4.69, 9.17) is 0 Å². The summed E-state index contributed by atoms with van der Waals surface area (Å²) in [5.41, 5.74) is 3.20. The van der Waals surface area contributed by atoms with Gasteiger partial charge in [0, 0.05) is 37.5 Å². The van der Waals surface area contributed by atoms with E-state index in [2.05, 4.69) is 21.4 Å². The van der Waals surface area contributed by atoms with Crippen LogP contribution in [0.3, 0.4) is 0 Å². The minimum Gasteiger partial charge on any atom is -0.347 e. The van der Waals surface area contributed by atoms with Crippen molar-refractivity contribution in [1.29, 1.82) is 0 Å². The number of rotatable bonds is 4. The molecular formula is C18H14N4OS. The van der Waals surface area contributed by atoms with Gasteiger partial charge in [-0.15, -0.1) is 0 Å². The van der Waals surface area contributed by atoms with Crippen molar-refractivity contribution in [2.75, 3.05) is 0 Å². The summed E-state index contributed by atoms with van der Waals surface area (Å²) in [7, 11) is 0. The molecule has 0 saturated carbocycles. The normalized spacial score (nSPS) is 10.8. The third-order valence-corrected chi connectivity index (χ3v) is 4.70. The van der Waals surface area contributed by atoms with Crippen molar-refractivity contribution in [2.45, 2.75) is 6.54 Å². The maximum atomic E-state index is 12.3. The van der Waals surface area contributed by atoms with Crippen molar-refractivity contribution in [1.82, 2.24) is 19.7 Å². The van der Waals surface area contributed by atoms with Crippen molar-refractivity contribution in [3.63, 3.8) is 0 Å². The number of thiazole rings is 1. The Hall–Kier alpha value is -2.99. The van der Waals surface area contributed by atoms with Crippen LogP contribution >= 0.6 is 11.3 Å². The Morgan fingerprint density at radius 1 is 1.17 bits per heavy atom. The van der Waals surface area contributed by atoms with Crippen LogP contribution in [-0.4, -0.2) is 20.3 Å². The Kier molecular flexibility index (Phi) is 3.80. The monoisotopic (exact) mass is 334 g/mol. The van der Waals surface area contributed by atoms with Crippen molar-refractivity contribution in [3.8, 4) is 11.1 Å². The van der Waals surface area contributed by atoms with Crippen molar-refractivity contribution >= 4 is 22.2 Å². The SMILES string of the molecule is O=C(NCc1cccc(-c2cccnc2)c1)c1cn2ccnc2s1. The van der Waals surface area contributed by atoms with E-state index in [0.717, 1.165) is 21.7 Å². The van der Waals surface area contributed by atoms with E-state index in [1.807, 2.05) is 47.1 Å². The zero-order valence-corrected chi connectivity index (χ0v) is 13.5. The molecule has 118 valence electrons. The summed E-state index contributed by atoms with van der Waals surface area (Å²) in [4.78, 5) is 22.1. The molecule has 0 atom stereocenters. The topological polar surface area (TPSA) is 59.3 Å². The van der Waals surface area contributed by atoms with E-state index in [9.17, 15) is 4.79 Å². The van der Waals surface area contributed by atoms with Crippen LogP contribution in [0.2, 0.25) is 0 Å². The molecule has 0 radical (unpaired) electrons. The number of nitrogens with one attached hydrogen (secondary N) is 1. The number of nitrogens with zero attached hydrogens (tertiary/aromatic N) is 3. The number of carbonyl (C=O) groups excluding carboxylic acids is 1. The van der Waals surface area contributed by atoms with Crippen LogP contribution in [-0.2, 0) is 6.54 Å². The van der Waals surface area contributed by atoms with Gasteiger partial charge in [0.05, 0.1) is 0 Å². The fourth-order valence-electron chi connectivity index (χ4n) is 2.50. The van der Waals surface area contributed by atoms with Crippen LogP contribution in [0.5, 0.6) is 0 Å². The van der Waals surface area contributed by atoms with Gasteiger partial charge in [0.1, 0.15) is 4.88 Å². The number of aromatic nitrogens is 3. The maximum absolute atomic E-state index is 12.3. The third-order valence-electron chi connectivity index (χ3n) is 3.69. The molecule has 0 saturated heterocycles. The van der Waals surface area contributed by atoms with Gasteiger partial charge in [-0.2, -0.15) is 0 Å². The molecule has 4 aromatic rings. The summed E-state index contributed by atoms with van der Waals surface area (Å²) in [6, 6.07) is 12.0. The number of carbonyl (C=O) groups is 1. The molecule has 1 N–H and O–H groups in total. The fourth-order valence-corrected chi connectivity index (χ4v) is 3.36. The van der Waals surface area contributed by atoms with Crippen LogP contribution in [0.25, 0.3) is 16.1 Å². The first kappa shape index (κ1) is 14.6. The number of benzene rings is 1. The zero-order chi connectivity index (χ0) is 16.4. The molecule has 1 amide bonds. The quantitative estimate of drug-likeness (QED) is 0.622. The van der Waals surface area contributed by atoms with Gasteiger partial charge in [-0.05, 0) is 28.8 Å². The largest absolute Gasteiger partial charge is 0.347 e. The molecule has 0 spiro atoms. The second kappa shape index (κ2) is 6.25. The summed E-state index contributed by atoms with van der Waals surface area (Å²) in [6.45, 7) is 0.479. The van der Waals surface area contributed by atoms with Crippen molar-refractivity contribution < 1.29 is 4.79 Å². The number of pyridine rings is 1. The van der Waals surface area contributed by atoms with Crippen LogP contribution in [0.15, 0.2) is 67.4 Å². The minimum atomic E-state index is -0.0859. The first-order valence-electron chi connectivity index (χ1n) is 7.50. The van der Waals surface area contributed by atoms with E-state index in [1.54, 1.807) is 18.6 Å². The number of hydrogen-bond acceptors (Lipinski definition) is 4. The van der Waals surface area contributed by atoms with Gasteiger partial charge >= 0.3 is 0 Å². The molecule has 3 heterocycles. The van der Waals surface area contributed by atoms with E-state index in [1.165, 1.54) is 11.3 Å². The van der Waals surface area contributed by atoms with Gasteiger partial charge in [0.15, 0.2) is 4.96 Å². The van der Waals surface area contributed by atoms with Gasteiger partial charge in [-0.25, -0.2) is 4.98 Å².